The summed E-state index contributed by atoms with van der Waals surface area (Å²) in [7, 11) is 1.61. The molecule has 0 unspecified atom stereocenters. The molecule has 1 saturated heterocycles. The number of ketones is 1. The van der Waals surface area contributed by atoms with Crippen LogP contribution in [0.2, 0.25) is 0 Å². The summed E-state index contributed by atoms with van der Waals surface area (Å²) in [6.07, 6.45) is 0.285. The Kier molecular flexibility index (Phi) is 8.30. The second-order valence-electron chi connectivity index (χ2n) is 9.08. The molecular weight excluding hydrogens is 480 g/mol. The van der Waals surface area contributed by atoms with Crippen LogP contribution in [0.15, 0.2) is 48.5 Å². The second kappa shape index (κ2) is 11.6. The smallest absolute Gasteiger partial charge is 0.320 e. The lowest BCUT2D eigenvalue weighted by Crippen LogP contribution is -2.42. The SMILES string of the molecule is CCC(=O)c1nn(-c2ccccc2)c(NC(=O)N[C@@H]2CN(CCOC)C[C@H]2c2ccc(F)c(F)c2)c1C. The number of ether oxygens (including phenoxy) is 1. The molecule has 2 heterocycles. The number of hydrogen-bond acceptors (Lipinski definition) is 5. The number of nitrogens with zero attached hydrogens (tertiary/aromatic N) is 3. The highest BCUT2D eigenvalue weighted by atomic mass is 19.2. The van der Waals surface area contributed by atoms with Crippen molar-refractivity contribution in [3.63, 3.8) is 0 Å². The first kappa shape index (κ1) is 26.4. The van der Waals surface area contributed by atoms with Gasteiger partial charge in [-0.1, -0.05) is 31.2 Å². The normalized spacial score (nSPS) is 17.6. The van der Waals surface area contributed by atoms with Crippen LogP contribution < -0.4 is 10.6 Å². The Bertz CT molecular complexity index is 1260. The predicted octanol–water partition coefficient (Wildman–Crippen LogP) is 4.29. The van der Waals surface area contributed by atoms with E-state index in [4.69, 9.17) is 4.74 Å². The van der Waals surface area contributed by atoms with Crippen LogP contribution in [0.25, 0.3) is 5.69 Å². The number of carbonyl (C=O) groups is 2. The van der Waals surface area contributed by atoms with Crippen molar-refractivity contribution in [3.8, 4) is 5.69 Å². The Morgan fingerprint density at radius 3 is 2.54 bits per heavy atom. The van der Waals surface area contributed by atoms with E-state index in [9.17, 15) is 18.4 Å². The summed E-state index contributed by atoms with van der Waals surface area (Å²) < 4.78 is 34.3. The van der Waals surface area contributed by atoms with Crippen molar-refractivity contribution < 1.29 is 23.1 Å². The Labute approximate surface area is 214 Å². The fraction of sp³-hybridized carbons (Fsp3) is 0.370. The van der Waals surface area contributed by atoms with Gasteiger partial charge in [-0.05, 0) is 36.8 Å². The highest BCUT2D eigenvalue weighted by molar-refractivity contribution is 5.98. The molecule has 37 heavy (non-hydrogen) atoms. The molecule has 0 bridgehead atoms. The van der Waals surface area contributed by atoms with Gasteiger partial charge in [-0.3, -0.25) is 15.0 Å². The number of hydrogen-bond donors (Lipinski definition) is 2. The number of anilines is 1. The molecule has 2 aromatic carbocycles. The van der Waals surface area contributed by atoms with Gasteiger partial charge >= 0.3 is 6.03 Å². The second-order valence-corrected chi connectivity index (χ2v) is 9.08. The number of methoxy groups -OCH3 is 1. The van der Waals surface area contributed by atoms with Crippen molar-refractivity contribution in [2.45, 2.75) is 32.2 Å². The molecule has 4 rings (SSSR count). The molecule has 10 heteroatoms. The summed E-state index contributed by atoms with van der Waals surface area (Å²) in [4.78, 5) is 27.8. The van der Waals surface area contributed by atoms with Crippen LogP contribution in [0.1, 0.15) is 40.9 Å². The molecule has 3 aromatic rings. The van der Waals surface area contributed by atoms with Crippen molar-refractivity contribution in [2.75, 3.05) is 38.7 Å². The van der Waals surface area contributed by atoms with Crippen LogP contribution >= 0.6 is 0 Å². The summed E-state index contributed by atoms with van der Waals surface area (Å²) in [5.41, 5.74) is 2.16. The molecule has 0 aliphatic carbocycles. The third-order valence-corrected chi connectivity index (χ3v) is 6.64. The van der Waals surface area contributed by atoms with Crippen molar-refractivity contribution in [1.82, 2.24) is 20.0 Å². The summed E-state index contributed by atoms with van der Waals surface area (Å²) in [5.74, 6) is -1.83. The largest absolute Gasteiger partial charge is 0.383 e. The number of benzene rings is 2. The van der Waals surface area contributed by atoms with Gasteiger partial charge in [0.15, 0.2) is 17.4 Å². The highest BCUT2D eigenvalue weighted by Crippen LogP contribution is 2.29. The van der Waals surface area contributed by atoms with Gasteiger partial charge in [0.2, 0.25) is 0 Å². The minimum atomic E-state index is -0.924. The number of amides is 2. The Morgan fingerprint density at radius 2 is 1.86 bits per heavy atom. The van der Waals surface area contributed by atoms with E-state index < -0.39 is 17.7 Å². The number of likely N-dealkylation sites (tertiary alicyclic amines) is 1. The number of rotatable bonds is 9. The van der Waals surface area contributed by atoms with Gasteiger partial charge in [0.1, 0.15) is 11.5 Å². The van der Waals surface area contributed by atoms with Crippen molar-refractivity contribution in [1.29, 1.82) is 0 Å². The lowest BCUT2D eigenvalue weighted by atomic mass is 9.94. The molecule has 8 nitrogen and oxygen atoms in total. The maximum absolute atomic E-state index is 14.0. The monoisotopic (exact) mass is 511 g/mol. The van der Waals surface area contributed by atoms with E-state index in [1.165, 1.54) is 6.07 Å². The van der Waals surface area contributed by atoms with Gasteiger partial charge in [-0.2, -0.15) is 5.10 Å². The van der Waals surface area contributed by atoms with Crippen LogP contribution in [0.4, 0.5) is 19.4 Å². The van der Waals surface area contributed by atoms with E-state index in [0.29, 0.717) is 54.6 Å². The number of nitrogens with one attached hydrogen (secondary N) is 2. The number of carbonyl (C=O) groups excluding carboxylic acids is 2. The highest BCUT2D eigenvalue weighted by Gasteiger charge is 2.35. The van der Waals surface area contributed by atoms with Gasteiger partial charge in [-0.15, -0.1) is 0 Å². The molecule has 0 radical (unpaired) electrons. The average Bonchev–Trinajstić information content (AvgIpc) is 3.45. The van der Waals surface area contributed by atoms with E-state index in [0.717, 1.165) is 6.07 Å². The lowest BCUT2D eigenvalue weighted by Gasteiger charge is -2.21. The van der Waals surface area contributed by atoms with Gasteiger partial charge in [0.25, 0.3) is 0 Å². The average molecular weight is 512 g/mol. The first-order valence-electron chi connectivity index (χ1n) is 12.2. The van der Waals surface area contributed by atoms with E-state index in [1.807, 2.05) is 30.3 Å². The zero-order valence-corrected chi connectivity index (χ0v) is 21.1. The fourth-order valence-corrected chi connectivity index (χ4v) is 4.66. The van der Waals surface area contributed by atoms with E-state index in [-0.39, 0.29) is 24.2 Å². The molecule has 1 aromatic heterocycles. The van der Waals surface area contributed by atoms with E-state index in [1.54, 1.807) is 31.7 Å². The number of halogens is 2. The summed E-state index contributed by atoms with van der Waals surface area (Å²) in [5, 5.41) is 10.4. The maximum Gasteiger partial charge on any atom is 0.320 e. The van der Waals surface area contributed by atoms with Gasteiger partial charge < -0.3 is 10.1 Å². The molecule has 2 N–H and O–H groups in total. The fourth-order valence-electron chi connectivity index (χ4n) is 4.66. The molecule has 2 atom stereocenters. The molecule has 1 aliphatic heterocycles. The number of aromatic nitrogens is 2. The first-order chi connectivity index (χ1) is 17.8. The lowest BCUT2D eigenvalue weighted by molar-refractivity contribution is 0.0982. The maximum atomic E-state index is 14.0. The van der Waals surface area contributed by atoms with Crippen LogP contribution in [0.3, 0.4) is 0 Å². The van der Waals surface area contributed by atoms with Crippen LogP contribution in [0, 0.1) is 18.6 Å². The van der Waals surface area contributed by atoms with Crippen molar-refractivity contribution in [2.24, 2.45) is 0 Å². The van der Waals surface area contributed by atoms with Crippen LogP contribution in [-0.2, 0) is 4.74 Å². The third-order valence-electron chi connectivity index (χ3n) is 6.64. The quantitative estimate of drug-likeness (QED) is 0.419. The van der Waals surface area contributed by atoms with Crippen LogP contribution in [-0.4, -0.2) is 65.9 Å². The standard InChI is InChI=1S/C27H31F2N5O3/c1-4-24(35)25-17(2)26(34(32-25)19-8-6-5-7-9-19)31-27(36)30-23-16-33(12-13-37-3)15-20(23)18-10-11-21(28)22(29)14-18/h5-11,14,20,23H,4,12-13,15-16H2,1-3H3,(H2,30,31,36)/t20-,23+/m0/s1. The minimum Gasteiger partial charge on any atom is -0.383 e. The zero-order chi connectivity index (χ0) is 26.5. The molecule has 2 amide bonds. The number of Topliss-reactive ketones (excluding diaryl/α,β-unsaturated/α-hetero) is 1. The van der Waals surface area contributed by atoms with Crippen LogP contribution in [0.5, 0.6) is 0 Å². The molecule has 1 fully saturated rings. The van der Waals surface area contributed by atoms with E-state index >= 15 is 0 Å². The molecular formula is C27H31F2N5O3. The Hall–Kier alpha value is -3.63. The molecule has 196 valence electrons. The topological polar surface area (TPSA) is 88.5 Å². The van der Waals surface area contributed by atoms with Gasteiger partial charge in [0, 0.05) is 44.6 Å². The van der Waals surface area contributed by atoms with Gasteiger partial charge in [-0.25, -0.2) is 18.3 Å². The Balaban J connectivity index is 1.59. The summed E-state index contributed by atoms with van der Waals surface area (Å²) in [6, 6.07) is 12.2. The zero-order valence-electron chi connectivity index (χ0n) is 21.1. The minimum absolute atomic E-state index is 0.126. The summed E-state index contributed by atoms with van der Waals surface area (Å²) in [6.45, 7) is 5.71. The van der Waals surface area contributed by atoms with Gasteiger partial charge in [0.05, 0.1) is 18.3 Å². The molecule has 0 spiro atoms. The van der Waals surface area contributed by atoms with Crippen molar-refractivity contribution >= 4 is 17.6 Å². The number of urea groups is 1. The van der Waals surface area contributed by atoms with E-state index in [2.05, 4.69) is 20.6 Å². The Morgan fingerprint density at radius 1 is 1.11 bits per heavy atom. The predicted molar refractivity (Wildman–Crippen MR) is 136 cm³/mol. The summed E-state index contributed by atoms with van der Waals surface area (Å²) >= 11 is 0. The first-order valence-corrected chi connectivity index (χ1v) is 12.2. The third kappa shape index (κ3) is 5.86. The molecule has 1 aliphatic rings. The van der Waals surface area contributed by atoms with Crippen molar-refractivity contribution in [3.05, 3.63) is 77.0 Å². The number of para-hydroxylation sites is 1. The molecule has 0 saturated carbocycles.